The van der Waals surface area contributed by atoms with E-state index >= 15 is 0 Å². The van der Waals surface area contributed by atoms with Crippen molar-refractivity contribution in [2.24, 2.45) is 5.73 Å². The van der Waals surface area contributed by atoms with Crippen LogP contribution in [0, 0.1) is 0 Å². The topological polar surface area (TPSA) is 70.3 Å². The lowest BCUT2D eigenvalue weighted by Gasteiger charge is -2.04. The fourth-order valence-electron chi connectivity index (χ4n) is 0.931. The fraction of sp³-hybridized carbons (Fsp3) is 0.429. The molecule has 2 rings (SSSR count). The first-order valence-corrected chi connectivity index (χ1v) is 3.68. The van der Waals surface area contributed by atoms with Gasteiger partial charge in [0.05, 0.1) is 6.04 Å². The Hall–Kier alpha value is -1.07. The van der Waals surface area contributed by atoms with Crippen LogP contribution in [0.1, 0.15) is 0 Å². The Balaban J connectivity index is 0.000000845. The van der Waals surface area contributed by atoms with E-state index in [0.29, 0.717) is 25.0 Å². The number of nitrogens with zero attached hydrogens (tertiary/aromatic N) is 2. The largest absolute Gasteiger partial charge is 0.472 e. The van der Waals surface area contributed by atoms with Gasteiger partial charge in [-0.2, -0.15) is 0 Å². The number of rotatable bonds is 0. The molecule has 6 heteroatoms. The molecule has 2 N–H and O–H groups in total. The maximum absolute atomic E-state index is 5.61. The van der Waals surface area contributed by atoms with E-state index in [4.69, 9.17) is 15.2 Å². The molecule has 0 amide bonds. The summed E-state index contributed by atoms with van der Waals surface area (Å²) in [5.41, 5.74) is 5.61. The van der Waals surface area contributed by atoms with Gasteiger partial charge < -0.3 is 15.2 Å². The molecule has 1 aromatic heterocycles. The van der Waals surface area contributed by atoms with Crippen LogP contribution in [0.15, 0.2) is 12.4 Å². The van der Waals surface area contributed by atoms with Crippen molar-refractivity contribution in [1.82, 2.24) is 9.97 Å². The van der Waals surface area contributed by atoms with Gasteiger partial charge in [0, 0.05) is 12.4 Å². The summed E-state index contributed by atoms with van der Waals surface area (Å²) in [5, 5.41) is 0. The Labute approximate surface area is 81.7 Å². The summed E-state index contributed by atoms with van der Waals surface area (Å²) in [4.78, 5) is 7.90. The van der Waals surface area contributed by atoms with Crippen LogP contribution in [0.3, 0.4) is 0 Å². The van der Waals surface area contributed by atoms with E-state index in [2.05, 4.69) is 9.97 Å². The molecule has 72 valence electrons. The minimum Gasteiger partial charge on any atom is -0.472 e. The molecule has 0 saturated carbocycles. The molecular formula is C7H10ClN3O2. The molecule has 0 aliphatic carbocycles. The standard InChI is InChI=1S/C7H9N3O2.ClH/c8-5-3-11-6-7(12-4-5)10-2-1-9-6;/h1-2,5H,3-4,8H2;1H. The highest BCUT2D eigenvalue weighted by atomic mass is 35.5. The van der Waals surface area contributed by atoms with Gasteiger partial charge >= 0.3 is 0 Å². The predicted octanol–water partition coefficient (Wildman–Crippen LogP) is -0.00310. The number of hydrogen-bond acceptors (Lipinski definition) is 5. The molecule has 5 nitrogen and oxygen atoms in total. The van der Waals surface area contributed by atoms with Gasteiger partial charge in [-0.3, -0.25) is 0 Å². The Kier molecular flexibility index (Phi) is 3.27. The molecule has 13 heavy (non-hydrogen) atoms. The normalized spacial score (nSPS) is 15.8. The molecule has 0 bridgehead atoms. The van der Waals surface area contributed by atoms with Crippen LogP contribution in [0.4, 0.5) is 0 Å². The fourth-order valence-corrected chi connectivity index (χ4v) is 0.931. The SMILES string of the molecule is Cl.NC1COc2nccnc2OC1. The number of nitrogens with two attached hydrogens (primary N) is 1. The predicted molar refractivity (Wildman–Crippen MR) is 48.2 cm³/mol. The summed E-state index contributed by atoms with van der Waals surface area (Å²) in [6.07, 6.45) is 3.11. The number of aromatic nitrogens is 2. The zero-order valence-corrected chi connectivity index (χ0v) is 7.66. The minimum atomic E-state index is -0.110. The molecule has 0 unspecified atom stereocenters. The third kappa shape index (κ3) is 2.19. The van der Waals surface area contributed by atoms with Crippen molar-refractivity contribution >= 4 is 12.4 Å². The van der Waals surface area contributed by atoms with Gasteiger partial charge in [-0.25, -0.2) is 9.97 Å². The van der Waals surface area contributed by atoms with E-state index < -0.39 is 0 Å². The third-order valence-corrected chi connectivity index (χ3v) is 1.50. The molecule has 2 heterocycles. The van der Waals surface area contributed by atoms with Crippen molar-refractivity contribution in [3.05, 3.63) is 12.4 Å². The summed E-state index contributed by atoms with van der Waals surface area (Å²) < 4.78 is 10.5. The Morgan fingerprint density at radius 2 is 1.62 bits per heavy atom. The highest BCUT2D eigenvalue weighted by Crippen LogP contribution is 2.21. The highest BCUT2D eigenvalue weighted by Gasteiger charge is 2.16. The first-order chi connectivity index (χ1) is 5.86. The molecule has 0 radical (unpaired) electrons. The van der Waals surface area contributed by atoms with Gasteiger partial charge in [0.2, 0.25) is 0 Å². The maximum atomic E-state index is 5.61. The van der Waals surface area contributed by atoms with Gasteiger partial charge in [-0.05, 0) is 0 Å². The molecular weight excluding hydrogens is 194 g/mol. The summed E-state index contributed by atoms with van der Waals surface area (Å²) >= 11 is 0. The number of halogens is 1. The molecule has 0 aromatic carbocycles. The van der Waals surface area contributed by atoms with Crippen LogP contribution in [0.2, 0.25) is 0 Å². The summed E-state index contributed by atoms with van der Waals surface area (Å²) in [7, 11) is 0. The van der Waals surface area contributed by atoms with E-state index in [0.717, 1.165) is 0 Å². The van der Waals surface area contributed by atoms with E-state index in [1.54, 1.807) is 12.4 Å². The summed E-state index contributed by atoms with van der Waals surface area (Å²) in [6, 6.07) is -0.110. The summed E-state index contributed by atoms with van der Waals surface area (Å²) in [5.74, 6) is 0.843. The number of fused-ring (bicyclic) bond motifs is 1. The van der Waals surface area contributed by atoms with Crippen LogP contribution in [-0.2, 0) is 0 Å². The van der Waals surface area contributed by atoms with Crippen molar-refractivity contribution in [1.29, 1.82) is 0 Å². The molecule has 0 fully saturated rings. The van der Waals surface area contributed by atoms with E-state index in [1.165, 1.54) is 0 Å². The molecule has 1 aliphatic heterocycles. The average Bonchev–Trinajstić information content (AvgIpc) is 2.29. The quantitative estimate of drug-likeness (QED) is 0.643. The van der Waals surface area contributed by atoms with Gasteiger partial charge in [0.15, 0.2) is 0 Å². The van der Waals surface area contributed by atoms with Crippen LogP contribution >= 0.6 is 12.4 Å². The third-order valence-electron chi connectivity index (χ3n) is 1.50. The minimum absolute atomic E-state index is 0. The van der Waals surface area contributed by atoms with Crippen LogP contribution < -0.4 is 15.2 Å². The second kappa shape index (κ2) is 4.25. The lowest BCUT2D eigenvalue weighted by molar-refractivity contribution is 0.260. The second-order valence-corrected chi connectivity index (χ2v) is 2.55. The smallest absolute Gasteiger partial charge is 0.278 e. The van der Waals surface area contributed by atoms with Gasteiger partial charge in [0.25, 0.3) is 11.8 Å². The lowest BCUT2D eigenvalue weighted by Crippen LogP contribution is -2.32. The van der Waals surface area contributed by atoms with Crippen molar-refractivity contribution in [2.75, 3.05) is 13.2 Å². The first kappa shape index (κ1) is 10.0. The first-order valence-electron chi connectivity index (χ1n) is 3.68. The summed E-state index contributed by atoms with van der Waals surface area (Å²) in [6.45, 7) is 0.845. The van der Waals surface area contributed by atoms with Gasteiger partial charge in [-0.15, -0.1) is 12.4 Å². The second-order valence-electron chi connectivity index (χ2n) is 2.55. The van der Waals surface area contributed by atoms with E-state index in [1.807, 2.05) is 0 Å². The Morgan fingerprint density at radius 3 is 2.08 bits per heavy atom. The Morgan fingerprint density at radius 1 is 1.15 bits per heavy atom. The van der Waals surface area contributed by atoms with E-state index in [-0.39, 0.29) is 18.4 Å². The van der Waals surface area contributed by atoms with Crippen molar-refractivity contribution < 1.29 is 9.47 Å². The molecule has 0 spiro atoms. The zero-order chi connectivity index (χ0) is 8.39. The van der Waals surface area contributed by atoms with Crippen LogP contribution in [0.5, 0.6) is 11.8 Å². The van der Waals surface area contributed by atoms with Crippen molar-refractivity contribution in [2.45, 2.75) is 6.04 Å². The molecule has 1 aromatic rings. The van der Waals surface area contributed by atoms with Crippen LogP contribution in [-0.4, -0.2) is 29.2 Å². The van der Waals surface area contributed by atoms with Crippen molar-refractivity contribution in [3.8, 4) is 11.8 Å². The molecule has 0 atom stereocenters. The molecule has 1 aliphatic rings. The maximum Gasteiger partial charge on any atom is 0.278 e. The monoisotopic (exact) mass is 203 g/mol. The number of hydrogen-bond donors (Lipinski definition) is 1. The number of ether oxygens (including phenoxy) is 2. The van der Waals surface area contributed by atoms with Gasteiger partial charge in [0.1, 0.15) is 13.2 Å². The highest BCUT2D eigenvalue weighted by molar-refractivity contribution is 5.85. The zero-order valence-electron chi connectivity index (χ0n) is 6.84. The van der Waals surface area contributed by atoms with E-state index in [9.17, 15) is 0 Å². The Bertz CT molecular complexity index is 257. The average molecular weight is 204 g/mol. The lowest BCUT2D eigenvalue weighted by atomic mass is 10.4. The van der Waals surface area contributed by atoms with Crippen LogP contribution in [0.25, 0.3) is 0 Å². The van der Waals surface area contributed by atoms with Crippen molar-refractivity contribution in [3.63, 3.8) is 0 Å². The molecule has 0 saturated heterocycles. The van der Waals surface area contributed by atoms with Gasteiger partial charge in [-0.1, -0.05) is 0 Å².